The fourth-order valence-electron chi connectivity index (χ4n) is 2.79. The van der Waals surface area contributed by atoms with Crippen LogP contribution in [0.4, 0.5) is 11.4 Å². The van der Waals surface area contributed by atoms with E-state index < -0.39 is 0 Å². The topological polar surface area (TPSA) is 79.9 Å². The summed E-state index contributed by atoms with van der Waals surface area (Å²) in [5.74, 6) is 0.460. The lowest BCUT2D eigenvalue weighted by molar-refractivity contribution is -0.119. The fraction of sp³-hybridized carbons (Fsp3) is 0.300. The van der Waals surface area contributed by atoms with Gasteiger partial charge in [0.15, 0.2) is 11.5 Å². The first kappa shape index (κ1) is 22.5. The van der Waals surface area contributed by atoms with E-state index in [1.807, 2.05) is 0 Å². The van der Waals surface area contributed by atoms with Crippen LogP contribution in [-0.4, -0.2) is 50.1 Å². The molecule has 0 bridgehead atoms. The summed E-state index contributed by atoms with van der Waals surface area (Å²) in [5, 5.41) is 6.52. The molecule has 1 aliphatic heterocycles. The van der Waals surface area contributed by atoms with E-state index in [9.17, 15) is 9.59 Å². The Bertz CT molecular complexity index is 955. The molecule has 7 nitrogen and oxygen atoms in total. The Balaban J connectivity index is 1.53. The van der Waals surface area contributed by atoms with E-state index in [-0.39, 0.29) is 24.9 Å². The van der Waals surface area contributed by atoms with Crippen molar-refractivity contribution in [3.05, 3.63) is 45.4 Å². The number of likely N-dealkylation sites (N-methyl/N-ethyl adjacent to an activating group) is 1. The summed E-state index contributed by atoms with van der Waals surface area (Å²) in [4.78, 5) is 26.1. The van der Waals surface area contributed by atoms with E-state index in [1.54, 1.807) is 42.3 Å². The van der Waals surface area contributed by atoms with E-state index in [0.29, 0.717) is 51.2 Å². The molecule has 1 heterocycles. The summed E-state index contributed by atoms with van der Waals surface area (Å²) in [7, 11) is 1.66. The van der Waals surface area contributed by atoms with E-state index in [1.165, 1.54) is 0 Å². The molecule has 3 rings (SSSR count). The van der Waals surface area contributed by atoms with Gasteiger partial charge in [0.05, 0.1) is 47.1 Å². The van der Waals surface area contributed by atoms with Crippen molar-refractivity contribution < 1.29 is 19.1 Å². The predicted molar refractivity (Wildman–Crippen MR) is 118 cm³/mol. The van der Waals surface area contributed by atoms with Crippen molar-refractivity contribution in [1.82, 2.24) is 4.90 Å². The van der Waals surface area contributed by atoms with Gasteiger partial charge in [-0.05, 0) is 25.2 Å². The number of carbonyl (C=O) groups excluding carboxylic acids is 2. The summed E-state index contributed by atoms with van der Waals surface area (Å²) in [6.45, 7) is 1.06. The lowest BCUT2D eigenvalue weighted by Crippen LogP contribution is -2.36. The second kappa shape index (κ2) is 10.2. The molecule has 30 heavy (non-hydrogen) atoms. The Morgan fingerprint density at radius 1 is 0.900 bits per heavy atom. The van der Waals surface area contributed by atoms with Crippen LogP contribution in [-0.2, 0) is 9.59 Å². The van der Waals surface area contributed by atoms with E-state index in [0.717, 1.165) is 6.42 Å². The van der Waals surface area contributed by atoms with Gasteiger partial charge in [0.1, 0.15) is 0 Å². The van der Waals surface area contributed by atoms with Crippen molar-refractivity contribution in [2.75, 3.05) is 44.0 Å². The Kier molecular flexibility index (Phi) is 7.66. The maximum absolute atomic E-state index is 12.4. The molecule has 2 aromatic carbocycles. The summed E-state index contributed by atoms with van der Waals surface area (Å²) in [6, 6.07) is 8.05. The highest BCUT2D eigenvalue weighted by Gasteiger charge is 2.17. The number of nitrogens with zero attached hydrogens (tertiary/aromatic N) is 1. The fourth-order valence-corrected chi connectivity index (χ4v) is 3.29. The molecule has 2 amide bonds. The zero-order chi connectivity index (χ0) is 21.7. The molecule has 0 saturated heterocycles. The van der Waals surface area contributed by atoms with Crippen molar-refractivity contribution >= 4 is 58.0 Å². The van der Waals surface area contributed by atoms with Crippen LogP contribution in [0.2, 0.25) is 15.1 Å². The second-order valence-corrected chi connectivity index (χ2v) is 7.95. The molecule has 0 atom stereocenters. The number of hydrogen-bond acceptors (Lipinski definition) is 5. The molecule has 0 unspecified atom stereocenters. The third kappa shape index (κ3) is 6.15. The largest absolute Gasteiger partial charge is 0.490 e. The summed E-state index contributed by atoms with van der Waals surface area (Å²) in [5.41, 5.74) is 0.936. The highest BCUT2D eigenvalue weighted by atomic mass is 35.5. The highest BCUT2D eigenvalue weighted by Crippen LogP contribution is 2.37. The van der Waals surface area contributed by atoms with Crippen LogP contribution in [0.3, 0.4) is 0 Å². The molecule has 1 aliphatic rings. The molecule has 0 fully saturated rings. The van der Waals surface area contributed by atoms with Crippen molar-refractivity contribution in [2.45, 2.75) is 6.42 Å². The first-order valence-corrected chi connectivity index (χ1v) is 10.3. The van der Waals surface area contributed by atoms with Gasteiger partial charge in [0, 0.05) is 24.2 Å². The molecular weight excluding hydrogens is 453 g/mol. The SMILES string of the molecule is CN(CC(=O)Nc1ccc(Cl)c(Cl)c1)CC(=O)Nc1cc2c(cc1Cl)OCCCO2. The third-order valence-corrected chi connectivity index (χ3v) is 5.19. The zero-order valence-electron chi connectivity index (χ0n) is 16.1. The minimum atomic E-state index is -0.323. The van der Waals surface area contributed by atoms with Crippen molar-refractivity contribution in [1.29, 1.82) is 0 Å². The van der Waals surface area contributed by atoms with Crippen LogP contribution in [0.5, 0.6) is 11.5 Å². The Morgan fingerprint density at radius 3 is 2.20 bits per heavy atom. The first-order chi connectivity index (χ1) is 14.3. The van der Waals surface area contributed by atoms with Crippen LogP contribution < -0.4 is 20.1 Å². The average Bonchev–Trinajstić information content (AvgIpc) is 2.89. The normalized spacial score (nSPS) is 13.0. The molecule has 0 spiro atoms. The maximum Gasteiger partial charge on any atom is 0.238 e. The standard InChI is InChI=1S/C20H20Cl3N3O4/c1-26(10-19(27)24-12-3-4-13(21)14(22)7-12)11-20(28)25-16-9-18-17(8-15(16)23)29-5-2-6-30-18/h3-4,7-9H,2,5-6,10-11H2,1H3,(H,24,27)(H,25,28). The lowest BCUT2D eigenvalue weighted by Gasteiger charge is -2.17. The number of ether oxygens (including phenoxy) is 2. The van der Waals surface area contributed by atoms with Gasteiger partial charge in [0.25, 0.3) is 0 Å². The van der Waals surface area contributed by atoms with Crippen LogP contribution in [0, 0.1) is 0 Å². The second-order valence-electron chi connectivity index (χ2n) is 6.73. The average molecular weight is 473 g/mol. The van der Waals surface area contributed by atoms with Crippen LogP contribution in [0.25, 0.3) is 0 Å². The van der Waals surface area contributed by atoms with Gasteiger partial charge in [0.2, 0.25) is 11.8 Å². The molecule has 0 radical (unpaired) electrons. The number of anilines is 2. The van der Waals surface area contributed by atoms with Crippen LogP contribution in [0.1, 0.15) is 6.42 Å². The van der Waals surface area contributed by atoms with Gasteiger partial charge in [-0.25, -0.2) is 0 Å². The molecule has 10 heteroatoms. The number of rotatable bonds is 6. The number of nitrogens with one attached hydrogen (secondary N) is 2. The van der Waals surface area contributed by atoms with Gasteiger partial charge in [-0.15, -0.1) is 0 Å². The van der Waals surface area contributed by atoms with Gasteiger partial charge < -0.3 is 20.1 Å². The molecule has 0 aliphatic carbocycles. The van der Waals surface area contributed by atoms with Crippen LogP contribution >= 0.6 is 34.8 Å². The van der Waals surface area contributed by atoms with Gasteiger partial charge in [-0.1, -0.05) is 34.8 Å². The number of benzene rings is 2. The lowest BCUT2D eigenvalue weighted by atomic mass is 10.2. The van der Waals surface area contributed by atoms with E-state index in [2.05, 4.69) is 10.6 Å². The minimum absolute atomic E-state index is 0.00252. The number of halogens is 3. The zero-order valence-corrected chi connectivity index (χ0v) is 18.4. The number of carbonyl (C=O) groups is 2. The number of hydrogen-bond donors (Lipinski definition) is 2. The molecule has 0 saturated carbocycles. The monoisotopic (exact) mass is 471 g/mol. The van der Waals surface area contributed by atoms with Crippen molar-refractivity contribution in [3.63, 3.8) is 0 Å². The minimum Gasteiger partial charge on any atom is -0.490 e. The summed E-state index contributed by atoms with van der Waals surface area (Å²) < 4.78 is 11.2. The van der Waals surface area contributed by atoms with Crippen LogP contribution in [0.15, 0.2) is 30.3 Å². The first-order valence-electron chi connectivity index (χ1n) is 9.14. The summed E-state index contributed by atoms with van der Waals surface area (Å²) in [6.07, 6.45) is 0.767. The Hall–Kier alpha value is -2.19. The Morgan fingerprint density at radius 2 is 1.53 bits per heavy atom. The van der Waals surface area contributed by atoms with Crippen molar-refractivity contribution in [3.8, 4) is 11.5 Å². The van der Waals surface area contributed by atoms with Gasteiger partial charge in [-0.3, -0.25) is 14.5 Å². The van der Waals surface area contributed by atoms with Crippen molar-refractivity contribution in [2.24, 2.45) is 0 Å². The van der Waals surface area contributed by atoms with E-state index >= 15 is 0 Å². The molecular formula is C20H20Cl3N3O4. The molecule has 160 valence electrons. The Labute approximate surface area is 189 Å². The smallest absolute Gasteiger partial charge is 0.238 e. The third-order valence-electron chi connectivity index (χ3n) is 4.14. The predicted octanol–water partition coefficient (Wildman–Crippen LogP) is 4.32. The van der Waals surface area contributed by atoms with Gasteiger partial charge >= 0.3 is 0 Å². The molecule has 0 aromatic heterocycles. The number of fused-ring (bicyclic) bond motifs is 1. The summed E-state index contributed by atoms with van der Waals surface area (Å²) >= 11 is 18.0. The maximum atomic E-state index is 12.4. The molecule has 2 N–H and O–H groups in total. The molecule has 2 aromatic rings. The van der Waals surface area contributed by atoms with E-state index in [4.69, 9.17) is 44.3 Å². The van der Waals surface area contributed by atoms with Gasteiger partial charge in [-0.2, -0.15) is 0 Å². The number of amides is 2. The highest BCUT2D eigenvalue weighted by molar-refractivity contribution is 6.42. The quantitative estimate of drug-likeness (QED) is 0.655.